The predicted molar refractivity (Wildman–Crippen MR) is 63.8 cm³/mol. The van der Waals surface area contributed by atoms with Crippen LogP contribution in [0.3, 0.4) is 0 Å². The summed E-state index contributed by atoms with van der Waals surface area (Å²) in [6.45, 7) is 0.813. The second kappa shape index (κ2) is 6.00. The molecular weight excluding hydrogens is 220 g/mol. The predicted octanol–water partition coefficient (Wildman–Crippen LogP) is 0.563. The summed E-state index contributed by atoms with van der Waals surface area (Å²) in [7, 11) is 3.40. The van der Waals surface area contributed by atoms with Crippen LogP contribution in [0.1, 0.15) is 15.9 Å². The molecule has 0 radical (unpaired) electrons. The summed E-state index contributed by atoms with van der Waals surface area (Å²) in [4.78, 5) is 23.4. The minimum absolute atomic E-state index is 0.00663. The van der Waals surface area contributed by atoms with Gasteiger partial charge in [-0.15, -0.1) is 0 Å². The zero-order valence-corrected chi connectivity index (χ0v) is 9.93. The van der Waals surface area contributed by atoms with E-state index in [-0.39, 0.29) is 18.0 Å². The van der Waals surface area contributed by atoms with Crippen molar-refractivity contribution in [3.63, 3.8) is 0 Å². The summed E-state index contributed by atoms with van der Waals surface area (Å²) in [6, 6.07) is 6.56. The van der Waals surface area contributed by atoms with E-state index in [0.29, 0.717) is 6.54 Å². The molecule has 5 heteroatoms. The summed E-state index contributed by atoms with van der Waals surface area (Å²) < 4.78 is 0. The molecule has 0 aliphatic heterocycles. The standard InChI is InChI=1S/C12H16N2O3/c1-14(2)11(15)8-13-7-9-3-5-10(6-4-9)12(16)17/h3-6,13H,7-8H2,1-2H3,(H,16,17). The molecule has 0 saturated carbocycles. The van der Waals surface area contributed by atoms with Crippen molar-refractivity contribution in [2.75, 3.05) is 20.6 Å². The summed E-state index contributed by atoms with van der Waals surface area (Å²) in [6.07, 6.45) is 0. The van der Waals surface area contributed by atoms with Gasteiger partial charge in [-0.3, -0.25) is 4.79 Å². The SMILES string of the molecule is CN(C)C(=O)CNCc1ccc(C(=O)O)cc1. The first-order chi connectivity index (χ1) is 8.00. The lowest BCUT2D eigenvalue weighted by molar-refractivity contribution is -0.127. The molecule has 5 nitrogen and oxygen atoms in total. The number of nitrogens with zero attached hydrogens (tertiary/aromatic N) is 1. The van der Waals surface area contributed by atoms with E-state index in [1.165, 1.54) is 4.90 Å². The smallest absolute Gasteiger partial charge is 0.335 e. The fourth-order valence-corrected chi connectivity index (χ4v) is 1.24. The van der Waals surface area contributed by atoms with E-state index in [2.05, 4.69) is 5.32 Å². The number of amides is 1. The minimum atomic E-state index is -0.938. The molecule has 1 aromatic rings. The molecule has 1 aromatic carbocycles. The lowest BCUT2D eigenvalue weighted by Crippen LogP contribution is -2.32. The van der Waals surface area contributed by atoms with E-state index in [9.17, 15) is 9.59 Å². The van der Waals surface area contributed by atoms with E-state index in [0.717, 1.165) is 5.56 Å². The monoisotopic (exact) mass is 236 g/mol. The maximum Gasteiger partial charge on any atom is 0.335 e. The van der Waals surface area contributed by atoms with E-state index in [4.69, 9.17) is 5.11 Å². The largest absolute Gasteiger partial charge is 0.478 e. The average molecular weight is 236 g/mol. The highest BCUT2D eigenvalue weighted by atomic mass is 16.4. The summed E-state index contributed by atoms with van der Waals surface area (Å²) in [5, 5.41) is 11.7. The fraction of sp³-hybridized carbons (Fsp3) is 0.333. The minimum Gasteiger partial charge on any atom is -0.478 e. The lowest BCUT2D eigenvalue weighted by atomic mass is 10.1. The highest BCUT2D eigenvalue weighted by molar-refractivity contribution is 5.87. The number of carboxylic acid groups (broad SMARTS) is 1. The molecule has 0 spiro atoms. The first-order valence-corrected chi connectivity index (χ1v) is 5.24. The molecule has 17 heavy (non-hydrogen) atoms. The molecule has 1 rings (SSSR count). The molecule has 0 bridgehead atoms. The lowest BCUT2D eigenvalue weighted by Gasteiger charge is -2.10. The number of benzene rings is 1. The van der Waals surface area contributed by atoms with Crippen LogP contribution in [-0.4, -0.2) is 42.5 Å². The number of likely N-dealkylation sites (N-methyl/N-ethyl adjacent to an activating group) is 1. The average Bonchev–Trinajstić information content (AvgIpc) is 2.29. The van der Waals surface area contributed by atoms with Crippen LogP contribution in [0, 0.1) is 0 Å². The number of carbonyl (C=O) groups excluding carboxylic acids is 1. The van der Waals surface area contributed by atoms with Gasteiger partial charge >= 0.3 is 5.97 Å². The van der Waals surface area contributed by atoms with E-state index in [1.807, 2.05) is 0 Å². The zero-order valence-electron chi connectivity index (χ0n) is 9.93. The Morgan fingerprint density at radius 2 is 1.82 bits per heavy atom. The highest BCUT2D eigenvalue weighted by Crippen LogP contribution is 2.03. The Morgan fingerprint density at radius 1 is 1.24 bits per heavy atom. The Labute approximate surface area is 100 Å². The van der Waals surface area contributed by atoms with Crippen LogP contribution in [0.15, 0.2) is 24.3 Å². The first kappa shape index (κ1) is 13.2. The molecule has 0 fully saturated rings. The fourth-order valence-electron chi connectivity index (χ4n) is 1.24. The highest BCUT2D eigenvalue weighted by Gasteiger charge is 2.04. The van der Waals surface area contributed by atoms with Gasteiger partial charge in [-0.2, -0.15) is 0 Å². The Kier molecular flexibility index (Phi) is 4.66. The molecule has 0 aliphatic rings. The topological polar surface area (TPSA) is 69.6 Å². The van der Waals surface area contributed by atoms with Crippen molar-refractivity contribution in [1.82, 2.24) is 10.2 Å². The van der Waals surface area contributed by atoms with Crippen LogP contribution in [0.2, 0.25) is 0 Å². The molecule has 0 aliphatic carbocycles. The molecule has 0 unspecified atom stereocenters. The number of hydrogen-bond acceptors (Lipinski definition) is 3. The third kappa shape index (κ3) is 4.24. The van der Waals surface area contributed by atoms with E-state index >= 15 is 0 Å². The normalized spacial score (nSPS) is 10.0. The summed E-state index contributed by atoms with van der Waals surface area (Å²) >= 11 is 0. The quantitative estimate of drug-likeness (QED) is 0.784. The Morgan fingerprint density at radius 3 is 2.29 bits per heavy atom. The molecule has 92 valence electrons. The third-order valence-electron chi connectivity index (χ3n) is 2.31. The van der Waals surface area contributed by atoms with Gasteiger partial charge < -0.3 is 15.3 Å². The van der Waals surface area contributed by atoms with Crippen LogP contribution in [0.4, 0.5) is 0 Å². The van der Waals surface area contributed by atoms with Crippen LogP contribution in [-0.2, 0) is 11.3 Å². The first-order valence-electron chi connectivity index (χ1n) is 5.24. The zero-order chi connectivity index (χ0) is 12.8. The van der Waals surface area contributed by atoms with Crippen molar-refractivity contribution < 1.29 is 14.7 Å². The second-order valence-corrected chi connectivity index (χ2v) is 3.89. The van der Waals surface area contributed by atoms with Crippen LogP contribution >= 0.6 is 0 Å². The molecule has 0 atom stereocenters. The number of aromatic carboxylic acids is 1. The molecule has 2 N–H and O–H groups in total. The van der Waals surface area contributed by atoms with Gasteiger partial charge in [-0.1, -0.05) is 12.1 Å². The van der Waals surface area contributed by atoms with Gasteiger partial charge in [0, 0.05) is 20.6 Å². The molecule has 0 aromatic heterocycles. The number of nitrogens with one attached hydrogen (secondary N) is 1. The van der Waals surface area contributed by atoms with Crippen LogP contribution < -0.4 is 5.32 Å². The van der Waals surface area contributed by atoms with E-state index < -0.39 is 5.97 Å². The van der Waals surface area contributed by atoms with Gasteiger partial charge in [0.15, 0.2) is 0 Å². The molecule has 0 saturated heterocycles. The van der Waals surface area contributed by atoms with Crippen LogP contribution in [0.5, 0.6) is 0 Å². The van der Waals surface area contributed by atoms with Gasteiger partial charge in [0.1, 0.15) is 0 Å². The van der Waals surface area contributed by atoms with Gasteiger partial charge in [0.25, 0.3) is 0 Å². The maximum absolute atomic E-state index is 11.3. The van der Waals surface area contributed by atoms with Crippen molar-refractivity contribution in [2.24, 2.45) is 0 Å². The Balaban J connectivity index is 2.42. The third-order valence-corrected chi connectivity index (χ3v) is 2.31. The van der Waals surface area contributed by atoms with Gasteiger partial charge in [-0.05, 0) is 17.7 Å². The number of hydrogen-bond donors (Lipinski definition) is 2. The van der Waals surface area contributed by atoms with Gasteiger partial charge in [0.05, 0.1) is 12.1 Å². The van der Waals surface area contributed by atoms with Crippen molar-refractivity contribution in [2.45, 2.75) is 6.54 Å². The number of carboxylic acids is 1. The Bertz CT molecular complexity index is 399. The Hall–Kier alpha value is -1.88. The van der Waals surface area contributed by atoms with Crippen LogP contribution in [0.25, 0.3) is 0 Å². The van der Waals surface area contributed by atoms with Crippen molar-refractivity contribution >= 4 is 11.9 Å². The summed E-state index contributed by atoms with van der Waals surface area (Å²) in [5.41, 5.74) is 1.21. The summed E-state index contributed by atoms with van der Waals surface area (Å²) in [5.74, 6) is -0.931. The second-order valence-electron chi connectivity index (χ2n) is 3.89. The van der Waals surface area contributed by atoms with Crippen molar-refractivity contribution in [3.05, 3.63) is 35.4 Å². The number of rotatable bonds is 5. The van der Waals surface area contributed by atoms with Crippen molar-refractivity contribution in [3.8, 4) is 0 Å². The van der Waals surface area contributed by atoms with Crippen molar-refractivity contribution in [1.29, 1.82) is 0 Å². The molecular formula is C12H16N2O3. The van der Waals surface area contributed by atoms with Gasteiger partial charge in [0.2, 0.25) is 5.91 Å². The van der Waals surface area contributed by atoms with Gasteiger partial charge in [-0.25, -0.2) is 4.79 Å². The number of carbonyl (C=O) groups is 2. The van der Waals surface area contributed by atoms with E-state index in [1.54, 1.807) is 38.4 Å². The molecule has 0 heterocycles. The molecule has 1 amide bonds. The maximum atomic E-state index is 11.3.